The maximum Gasteiger partial charge on any atom is 0.307 e. The first-order valence-corrected chi connectivity index (χ1v) is 10.1. The Kier molecular flexibility index (Phi) is 7.22. The molecule has 0 saturated heterocycles. The summed E-state index contributed by atoms with van der Waals surface area (Å²) < 4.78 is 20.9. The van der Waals surface area contributed by atoms with Crippen LogP contribution in [0, 0.1) is 5.82 Å². The lowest BCUT2D eigenvalue weighted by atomic mass is 9.99. The fraction of sp³-hybridized carbons (Fsp3) is 0.200. The van der Waals surface area contributed by atoms with Gasteiger partial charge in [0.15, 0.2) is 0 Å². The molecule has 0 bridgehead atoms. The Labute approximate surface area is 186 Å². The van der Waals surface area contributed by atoms with Gasteiger partial charge in [0.1, 0.15) is 18.2 Å². The predicted molar refractivity (Wildman–Crippen MR) is 121 cm³/mol. The first-order chi connectivity index (χ1) is 15.3. The van der Waals surface area contributed by atoms with Gasteiger partial charge < -0.3 is 20.5 Å². The third-order valence-corrected chi connectivity index (χ3v) is 5.16. The van der Waals surface area contributed by atoms with E-state index in [4.69, 9.17) is 15.6 Å². The maximum atomic E-state index is 15.0. The highest BCUT2D eigenvalue weighted by atomic mass is 19.1. The zero-order valence-corrected chi connectivity index (χ0v) is 18.0. The van der Waals surface area contributed by atoms with E-state index in [1.165, 1.54) is 11.8 Å². The predicted octanol–water partition coefficient (Wildman–Crippen LogP) is 4.14. The van der Waals surface area contributed by atoms with Crippen LogP contribution in [0.15, 0.2) is 60.7 Å². The fourth-order valence-electron chi connectivity index (χ4n) is 3.36. The van der Waals surface area contributed by atoms with Crippen molar-refractivity contribution in [1.29, 1.82) is 0 Å². The number of carbonyl (C=O) groups excluding carboxylic acids is 1. The number of nitrogens with zero attached hydrogens (tertiary/aromatic N) is 1. The molecule has 1 amide bonds. The SMILES string of the molecule is CC(=O)N(C)c1cc(COc2ccccc2CC(=O)O)cc(-c2cccc(CN)c2F)c1. The molecule has 0 heterocycles. The molecule has 0 saturated carbocycles. The molecule has 0 aliphatic carbocycles. The molecule has 3 N–H and O–H groups in total. The van der Waals surface area contributed by atoms with Gasteiger partial charge in [0.05, 0.1) is 6.42 Å². The van der Waals surface area contributed by atoms with Crippen LogP contribution < -0.4 is 15.4 Å². The fourth-order valence-corrected chi connectivity index (χ4v) is 3.36. The summed E-state index contributed by atoms with van der Waals surface area (Å²) in [5.74, 6) is -1.07. The van der Waals surface area contributed by atoms with Crippen LogP contribution in [-0.2, 0) is 29.2 Å². The largest absolute Gasteiger partial charge is 0.489 e. The highest BCUT2D eigenvalue weighted by Gasteiger charge is 2.15. The number of benzene rings is 3. The Morgan fingerprint density at radius 3 is 2.47 bits per heavy atom. The summed E-state index contributed by atoms with van der Waals surface area (Å²) in [4.78, 5) is 24.5. The molecule has 7 heteroatoms. The first-order valence-electron chi connectivity index (χ1n) is 10.1. The molecule has 0 aliphatic heterocycles. The van der Waals surface area contributed by atoms with E-state index in [1.54, 1.807) is 67.7 Å². The lowest BCUT2D eigenvalue weighted by Gasteiger charge is -2.19. The van der Waals surface area contributed by atoms with Crippen molar-refractivity contribution < 1.29 is 23.8 Å². The monoisotopic (exact) mass is 436 g/mol. The molecule has 0 unspecified atom stereocenters. The van der Waals surface area contributed by atoms with Crippen molar-refractivity contribution in [3.63, 3.8) is 0 Å². The number of carboxylic acid groups (broad SMARTS) is 1. The topological polar surface area (TPSA) is 92.9 Å². The van der Waals surface area contributed by atoms with E-state index >= 15 is 0 Å². The van der Waals surface area contributed by atoms with Gasteiger partial charge in [-0.3, -0.25) is 9.59 Å². The summed E-state index contributed by atoms with van der Waals surface area (Å²) in [6.45, 7) is 1.63. The summed E-state index contributed by atoms with van der Waals surface area (Å²) in [6.07, 6.45) is -0.161. The second-order valence-corrected chi connectivity index (χ2v) is 7.42. The summed E-state index contributed by atoms with van der Waals surface area (Å²) in [5, 5.41) is 9.12. The molecule has 3 aromatic rings. The van der Waals surface area contributed by atoms with E-state index in [1.807, 2.05) is 0 Å². The summed E-state index contributed by atoms with van der Waals surface area (Å²) in [7, 11) is 1.64. The minimum Gasteiger partial charge on any atom is -0.489 e. The van der Waals surface area contributed by atoms with Crippen LogP contribution in [0.2, 0.25) is 0 Å². The van der Waals surface area contributed by atoms with Crippen molar-refractivity contribution in [3.05, 3.63) is 83.2 Å². The normalized spacial score (nSPS) is 10.6. The molecule has 0 aliphatic rings. The van der Waals surface area contributed by atoms with Crippen LogP contribution in [0.1, 0.15) is 23.6 Å². The molecule has 0 radical (unpaired) electrons. The standard InChI is InChI=1S/C25H25FN2O4/c1-16(29)28(2)21-11-17(15-32-23-9-4-3-6-18(23)13-24(30)31)10-20(12-21)22-8-5-7-19(14-27)25(22)26/h3-12H,13-15,27H2,1-2H3,(H,30,31). The maximum absolute atomic E-state index is 15.0. The Hall–Kier alpha value is -3.71. The van der Waals surface area contributed by atoms with Gasteiger partial charge in [0.25, 0.3) is 0 Å². The molecular formula is C25H25FN2O4. The third-order valence-electron chi connectivity index (χ3n) is 5.16. The third kappa shape index (κ3) is 5.31. The minimum atomic E-state index is -0.955. The quantitative estimate of drug-likeness (QED) is 0.554. The average Bonchev–Trinajstić information content (AvgIpc) is 2.77. The second-order valence-electron chi connectivity index (χ2n) is 7.42. The Morgan fingerprint density at radius 2 is 1.78 bits per heavy atom. The van der Waals surface area contributed by atoms with E-state index < -0.39 is 11.8 Å². The van der Waals surface area contributed by atoms with Gasteiger partial charge in [-0.05, 0) is 35.4 Å². The van der Waals surface area contributed by atoms with Crippen LogP contribution in [-0.4, -0.2) is 24.0 Å². The van der Waals surface area contributed by atoms with Crippen LogP contribution >= 0.6 is 0 Å². The van der Waals surface area contributed by atoms with Gasteiger partial charge in [-0.1, -0.05) is 36.4 Å². The molecule has 32 heavy (non-hydrogen) atoms. The Morgan fingerprint density at radius 1 is 1.06 bits per heavy atom. The number of hydrogen-bond donors (Lipinski definition) is 2. The molecule has 6 nitrogen and oxygen atoms in total. The minimum absolute atomic E-state index is 0.0725. The van der Waals surface area contributed by atoms with Crippen LogP contribution in [0.25, 0.3) is 11.1 Å². The van der Waals surface area contributed by atoms with Gasteiger partial charge >= 0.3 is 5.97 Å². The van der Waals surface area contributed by atoms with E-state index in [-0.39, 0.29) is 25.5 Å². The van der Waals surface area contributed by atoms with Crippen molar-refractivity contribution in [3.8, 4) is 16.9 Å². The Bertz CT molecular complexity index is 1150. The number of ether oxygens (including phenoxy) is 1. The molecule has 0 spiro atoms. The smallest absolute Gasteiger partial charge is 0.307 e. The van der Waals surface area contributed by atoms with Crippen molar-refractivity contribution in [1.82, 2.24) is 0 Å². The molecular weight excluding hydrogens is 411 g/mol. The molecule has 0 fully saturated rings. The summed E-state index contributed by atoms with van der Waals surface area (Å²) in [6, 6.07) is 17.3. The van der Waals surface area contributed by atoms with Gasteiger partial charge in [0, 0.05) is 42.9 Å². The van der Waals surface area contributed by atoms with Gasteiger partial charge in [-0.15, -0.1) is 0 Å². The van der Waals surface area contributed by atoms with E-state index in [2.05, 4.69) is 0 Å². The van der Waals surface area contributed by atoms with Crippen molar-refractivity contribution in [2.45, 2.75) is 26.5 Å². The van der Waals surface area contributed by atoms with Crippen LogP contribution in [0.5, 0.6) is 5.75 Å². The number of hydrogen-bond acceptors (Lipinski definition) is 4. The van der Waals surface area contributed by atoms with E-state index in [0.29, 0.717) is 39.3 Å². The Balaban J connectivity index is 2.00. The van der Waals surface area contributed by atoms with Gasteiger partial charge in [-0.2, -0.15) is 0 Å². The number of carbonyl (C=O) groups is 2. The zero-order chi connectivity index (χ0) is 23.3. The molecule has 0 atom stereocenters. The zero-order valence-electron chi connectivity index (χ0n) is 18.0. The highest BCUT2D eigenvalue weighted by molar-refractivity contribution is 5.92. The van der Waals surface area contributed by atoms with E-state index in [0.717, 1.165) is 0 Å². The molecule has 3 rings (SSSR count). The molecule has 0 aromatic heterocycles. The number of aliphatic carboxylic acids is 1. The van der Waals surface area contributed by atoms with Crippen LogP contribution in [0.4, 0.5) is 10.1 Å². The lowest BCUT2D eigenvalue weighted by Crippen LogP contribution is -2.23. The average molecular weight is 436 g/mol. The number of nitrogens with two attached hydrogens (primary N) is 1. The molecule has 166 valence electrons. The molecule has 3 aromatic carbocycles. The van der Waals surface area contributed by atoms with Gasteiger partial charge in [0.2, 0.25) is 5.91 Å². The highest BCUT2D eigenvalue weighted by Crippen LogP contribution is 2.31. The number of para-hydroxylation sites is 1. The van der Waals surface area contributed by atoms with E-state index in [9.17, 15) is 14.0 Å². The first kappa shape index (κ1) is 23.0. The van der Waals surface area contributed by atoms with Crippen LogP contribution in [0.3, 0.4) is 0 Å². The number of rotatable bonds is 8. The summed E-state index contributed by atoms with van der Waals surface area (Å²) in [5.41, 5.74) is 8.85. The number of anilines is 1. The second kappa shape index (κ2) is 10.1. The van der Waals surface area contributed by atoms with Crippen molar-refractivity contribution in [2.24, 2.45) is 5.73 Å². The number of carboxylic acids is 1. The van der Waals surface area contributed by atoms with Gasteiger partial charge in [-0.25, -0.2) is 4.39 Å². The van der Waals surface area contributed by atoms with Crippen molar-refractivity contribution in [2.75, 3.05) is 11.9 Å². The summed E-state index contributed by atoms with van der Waals surface area (Å²) >= 11 is 0. The number of halogens is 1. The lowest BCUT2D eigenvalue weighted by molar-refractivity contribution is -0.136. The van der Waals surface area contributed by atoms with Crippen molar-refractivity contribution >= 4 is 17.6 Å². The number of amides is 1.